The SMILES string of the molecule is CCn1cnc(S(=O)(=O)NCCNCC(C)O)c1. The first-order chi connectivity index (χ1) is 8.45. The van der Waals surface area contributed by atoms with Crippen molar-refractivity contribution >= 4 is 10.0 Å². The van der Waals surface area contributed by atoms with Crippen LogP contribution in [0.25, 0.3) is 0 Å². The van der Waals surface area contributed by atoms with Crippen LogP contribution in [0.4, 0.5) is 0 Å². The molecule has 8 heteroatoms. The maximum absolute atomic E-state index is 11.8. The van der Waals surface area contributed by atoms with Gasteiger partial charge in [-0.1, -0.05) is 0 Å². The Morgan fingerprint density at radius 1 is 1.50 bits per heavy atom. The molecule has 1 unspecified atom stereocenters. The number of hydrogen-bond acceptors (Lipinski definition) is 5. The Balaban J connectivity index is 2.40. The molecule has 0 saturated carbocycles. The molecule has 104 valence electrons. The summed E-state index contributed by atoms with van der Waals surface area (Å²) in [4.78, 5) is 3.84. The first-order valence-corrected chi connectivity index (χ1v) is 7.34. The van der Waals surface area contributed by atoms with Crippen molar-refractivity contribution < 1.29 is 13.5 Å². The molecular weight excluding hydrogens is 256 g/mol. The minimum Gasteiger partial charge on any atom is -0.392 e. The standard InChI is InChI=1S/C10H20N4O3S/c1-3-14-7-10(12-8-14)18(16,17)13-5-4-11-6-9(2)15/h7-9,11,13,15H,3-6H2,1-2H3. The molecular formula is C10H20N4O3S. The van der Waals surface area contributed by atoms with Crippen LogP contribution in [-0.4, -0.2) is 48.8 Å². The lowest BCUT2D eigenvalue weighted by atomic mass is 10.4. The van der Waals surface area contributed by atoms with E-state index < -0.39 is 16.1 Å². The Labute approximate surface area is 107 Å². The Morgan fingerprint density at radius 2 is 2.22 bits per heavy atom. The number of aryl methyl sites for hydroxylation is 1. The van der Waals surface area contributed by atoms with E-state index in [1.165, 1.54) is 12.5 Å². The molecule has 0 aliphatic rings. The molecule has 18 heavy (non-hydrogen) atoms. The average molecular weight is 276 g/mol. The van der Waals surface area contributed by atoms with Gasteiger partial charge in [0.2, 0.25) is 0 Å². The predicted octanol–water partition coefficient (Wildman–Crippen LogP) is -0.848. The minimum atomic E-state index is -3.53. The summed E-state index contributed by atoms with van der Waals surface area (Å²) in [6.45, 7) is 5.40. The largest absolute Gasteiger partial charge is 0.392 e. The third-order valence-corrected chi connectivity index (χ3v) is 3.63. The van der Waals surface area contributed by atoms with E-state index in [-0.39, 0.29) is 11.6 Å². The van der Waals surface area contributed by atoms with E-state index >= 15 is 0 Å². The Bertz CT molecular complexity index is 455. The van der Waals surface area contributed by atoms with Gasteiger partial charge in [-0.2, -0.15) is 0 Å². The summed E-state index contributed by atoms with van der Waals surface area (Å²) < 4.78 is 27.7. The van der Waals surface area contributed by atoms with Crippen LogP contribution < -0.4 is 10.0 Å². The normalized spacial score (nSPS) is 13.7. The topological polar surface area (TPSA) is 96.2 Å². The molecule has 0 fully saturated rings. The van der Waals surface area contributed by atoms with Gasteiger partial charge < -0.3 is 15.0 Å². The van der Waals surface area contributed by atoms with Crippen molar-refractivity contribution in [2.45, 2.75) is 31.5 Å². The van der Waals surface area contributed by atoms with Crippen LogP contribution in [0.2, 0.25) is 0 Å². The molecule has 0 aliphatic heterocycles. The highest BCUT2D eigenvalue weighted by Gasteiger charge is 2.16. The van der Waals surface area contributed by atoms with Gasteiger partial charge in [0.1, 0.15) is 0 Å². The molecule has 0 radical (unpaired) electrons. The van der Waals surface area contributed by atoms with E-state index in [9.17, 15) is 8.42 Å². The number of aliphatic hydroxyl groups excluding tert-OH is 1. The molecule has 0 aliphatic carbocycles. The highest BCUT2D eigenvalue weighted by Crippen LogP contribution is 2.04. The average Bonchev–Trinajstić information content (AvgIpc) is 2.77. The van der Waals surface area contributed by atoms with Crippen LogP contribution in [0.5, 0.6) is 0 Å². The molecule has 0 saturated heterocycles. The van der Waals surface area contributed by atoms with Crippen molar-refractivity contribution in [2.75, 3.05) is 19.6 Å². The molecule has 0 aromatic carbocycles. The molecule has 1 aromatic rings. The van der Waals surface area contributed by atoms with E-state index in [4.69, 9.17) is 5.11 Å². The van der Waals surface area contributed by atoms with Crippen LogP contribution >= 0.6 is 0 Å². The monoisotopic (exact) mass is 276 g/mol. The predicted molar refractivity (Wildman–Crippen MR) is 67.6 cm³/mol. The zero-order chi connectivity index (χ0) is 13.6. The zero-order valence-corrected chi connectivity index (χ0v) is 11.4. The van der Waals surface area contributed by atoms with Crippen molar-refractivity contribution in [3.63, 3.8) is 0 Å². The molecule has 1 atom stereocenters. The molecule has 0 amide bonds. The zero-order valence-electron chi connectivity index (χ0n) is 10.6. The number of sulfonamides is 1. The second-order valence-electron chi connectivity index (χ2n) is 3.99. The Morgan fingerprint density at radius 3 is 2.78 bits per heavy atom. The van der Waals surface area contributed by atoms with Gasteiger partial charge >= 0.3 is 0 Å². The second kappa shape index (κ2) is 6.83. The van der Waals surface area contributed by atoms with Crippen molar-refractivity contribution in [3.8, 4) is 0 Å². The summed E-state index contributed by atoms with van der Waals surface area (Å²) in [5.41, 5.74) is 0. The Hall–Kier alpha value is -0.960. The van der Waals surface area contributed by atoms with Crippen LogP contribution in [0.15, 0.2) is 17.6 Å². The van der Waals surface area contributed by atoms with Gasteiger partial charge in [0, 0.05) is 32.4 Å². The van der Waals surface area contributed by atoms with Gasteiger partial charge in [-0.3, -0.25) is 0 Å². The summed E-state index contributed by atoms with van der Waals surface area (Å²) in [7, 11) is -3.53. The number of aliphatic hydroxyl groups is 1. The molecule has 0 bridgehead atoms. The van der Waals surface area contributed by atoms with Crippen LogP contribution in [0.1, 0.15) is 13.8 Å². The molecule has 1 rings (SSSR count). The highest BCUT2D eigenvalue weighted by molar-refractivity contribution is 7.89. The summed E-state index contributed by atoms with van der Waals surface area (Å²) in [5.74, 6) is 0. The maximum atomic E-state index is 11.8. The van der Waals surface area contributed by atoms with Crippen molar-refractivity contribution in [2.24, 2.45) is 0 Å². The fourth-order valence-corrected chi connectivity index (χ4v) is 2.29. The molecule has 7 nitrogen and oxygen atoms in total. The van der Waals surface area contributed by atoms with Crippen molar-refractivity contribution in [3.05, 3.63) is 12.5 Å². The molecule has 3 N–H and O–H groups in total. The minimum absolute atomic E-state index is 0.0277. The highest BCUT2D eigenvalue weighted by atomic mass is 32.2. The first-order valence-electron chi connectivity index (χ1n) is 5.86. The van der Waals surface area contributed by atoms with Gasteiger partial charge in [0.15, 0.2) is 5.03 Å². The number of nitrogens with zero attached hydrogens (tertiary/aromatic N) is 2. The van der Waals surface area contributed by atoms with Gasteiger partial charge in [-0.25, -0.2) is 18.1 Å². The van der Waals surface area contributed by atoms with E-state index in [1.54, 1.807) is 11.5 Å². The molecule has 0 spiro atoms. The molecule has 1 heterocycles. The number of rotatable bonds is 8. The number of imidazole rings is 1. The quantitative estimate of drug-likeness (QED) is 0.538. The van der Waals surface area contributed by atoms with E-state index in [0.717, 1.165) is 0 Å². The third kappa shape index (κ3) is 4.73. The van der Waals surface area contributed by atoms with Gasteiger partial charge in [-0.05, 0) is 13.8 Å². The number of hydrogen-bond donors (Lipinski definition) is 3. The van der Waals surface area contributed by atoms with Crippen molar-refractivity contribution in [1.82, 2.24) is 19.6 Å². The summed E-state index contributed by atoms with van der Waals surface area (Å²) in [6, 6.07) is 0. The molecule has 1 aromatic heterocycles. The van der Waals surface area contributed by atoms with Crippen LogP contribution in [0.3, 0.4) is 0 Å². The number of nitrogens with one attached hydrogen (secondary N) is 2. The summed E-state index contributed by atoms with van der Waals surface area (Å²) in [5, 5.41) is 12.0. The smallest absolute Gasteiger partial charge is 0.259 e. The lowest BCUT2D eigenvalue weighted by Gasteiger charge is -2.07. The fraction of sp³-hybridized carbons (Fsp3) is 0.700. The van der Waals surface area contributed by atoms with Crippen molar-refractivity contribution in [1.29, 1.82) is 0 Å². The summed E-state index contributed by atoms with van der Waals surface area (Å²) >= 11 is 0. The lowest BCUT2D eigenvalue weighted by Crippen LogP contribution is -2.34. The van der Waals surface area contributed by atoms with E-state index in [0.29, 0.717) is 19.6 Å². The van der Waals surface area contributed by atoms with Gasteiger partial charge in [-0.15, -0.1) is 0 Å². The number of aromatic nitrogens is 2. The third-order valence-electron chi connectivity index (χ3n) is 2.28. The van der Waals surface area contributed by atoms with Gasteiger partial charge in [0.25, 0.3) is 10.0 Å². The first kappa shape index (κ1) is 15.1. The summed E-state index contributed by atoms with van der Waals surface area (Å²) in [6.07, 6.45) is 2.54. The van der Waals surface area contributed by atoms with Gasteiger partial charge in [0.05, 0.1) is 12.4 Å². The second-order valence-corrected chi connectivity index (χ2v) is 5.71. The van der Waals surface area contributed by atoms with E-state index in [1.807, 2.05) is 6.92 Å². The lowest BCUT2D eigenvalue weighted by molar-refractivity contribution is 0.192. The fourth-order valence-electron chi connectivity index (χ4n) is 1.31. The van der Waals surface area contributed by atoms with Crippen LogP contribution in [0, 0.1) is 0 Å². The Kier molecular flexibility index (Phi) is 5.73. The maximum Gasteiger partial charge on any atom is 0.259 e. The van der Waals surface area contributed by atoms with Crippen LogP contribution in [-0.2, 0) is 16.6 Å². The van der Waals surface area contributed by atoms with E-state index in [2.05, 4.69) is 15.0 Å².